The molecule has 0 spiro atoms. The number of benzene rings is 2. The van der Waals surface area contributed by atoms with Crippen molar-refractivity contribution in [2.24, 2.45) is 0 Å². The monoisotopic (exact) mass is 687 g/mol. The number of halogens is 2. The smallest absolute Gasteiger partial charge is 1.00 e. The van der Waals surface area contributed by atoms with Crippen LogP contribution in [0.1, 0.15) is 11.1 Å². The number of rotatable bonds is 10. The zero-order valence-electron chi connectivity index (χ0n) is 18.0. The number of nitrogens with one attached hydrogen (secondary N) is 2. The summed E-state index contributed by atoms with van der Waals surface area (Å²) in [4.78, 5) is 19.9. The van der Waals surface area contributed by atoms with E-state index < -0.39 is 12.2 Å². The molecule has 190 valence electrons. The van der Waals surface area contributed by atoms with Gasteiger partial charge in [-0.25, -0.2) is 0 Å². The van der Waals surface area contributed by atoms with Gasteiger partial charge in [-0.2, -0.15) is 0 Å². The van der Waals surface area contributed by atoms with Gasteiger partial charge in [-0.3, -0.25) is 0 Å². The number of carboxylic acid groups (broad SMARTS) is 2. The molecule has 0 heterocycles. The quantitative estimate of drug-likeness (QED) is 0.178. The molecule has 10 nitrogen and oxygen atoms in total. The molecular formula is C20H30Cl2N4O6Pt. The van der Waals surface area contributed by atoms with E-state index in [-0.39, 0.29) is 71.3 Å². The second-order valence-electron chi connectivity index (χ2n) is 5.50. The van der Waals surface area contributed by atoms with Crippen molar-refractivity contribution in [3.63, 3.8) is 0 Å². The third-order valence-corrected chi connectivity index (χ3v) is 3.25. The number of hydrogen-bond donors (Lipinski definition) is 4. The Morgan fingerprint density at radius 1 is 0.667 bits per heavy atom. The summed E-state index contributed by atoms with van der Waals surface area (Å²) in [7, 11) is 0. The van der Waals surface area contributed by atoms with Crippen LogP contribution in [0.15, 0.2) is 60.7 Å². The Balaban J connectivity index is -0.000000138. The molecule has 0 saturated heterocycles. The first-order valence-corrected chi connectivity index (χ1v) is 8.71. The van der Waals surface area contributed by atoms with Gasteiger partial charge < -0.3 is 77.0 Å². The molecule has 0 bridgehead atoms. The SMILES string of the molecule is N.N.O=C([O-])NCCOCc1ccccc1.O=C([O-])NCCOCc1ccccc1.[Cl-].[Cl-].[Pt+4]. The fraction of sp³-hybridized carbons (Fsp3) is 0.300. The van der Waals surface area contributed by atoms with Gasteiger partial charge in [0, 0.05) is 13.1 Å². The normalized spacial score (nSPS) is 8.24. The van der Waals surface area contributed by atoms with Gasteiger partial charge in [0.1, 0.15) is 12.2 Å². The molecule has 2 rings (SSSR count). The summed E-state index contributed by atoms with van der Waals surface area (Å²) < 4.78 is 10.4. The van der Waals surface area contributed by atoms with Gasteiger partial charge in [-0.05, 0) is 11.1 Å². The van der Waals surface area contributed by atoms with Crippen molar-refractivity contribution >= 4 is 12.2 Å². The molecule has 2 aromatic rings. The molecule has 0 fully saturated rings. The van der Waals surface area contributed by atoms with Gasteiger partial charge in [-0.15, -0.1) is 0 Å². The van der Waals surface area contributed by atoms with Crippen LogP contribution in [0, 0.1) is 0 Å². The topological polar surface area (TPSA) is 193 Å². The predicted molar refractivity (Wildman–Crippen MR) is 109 cm³/mol. The van der Waals surface area contributed by atoms with Crippen LogP contribution in [0.5, 0.6) is 0 Å². The molecule has 2 aromatic carbocycles. The van der Waals surface area contributed by atoms with Gasteiger partial charge >= 0.3 is 21.1 Å². The molecule has 8 N–H and O–H groups in total. The summed E-state index contributed by atoms with van der Waals surface area (Å²) in [5.41, 5.74) is 2.14. The van der Waals surface area contributed by atoms with Crippen LogP contribution >= 0.6 is 0 Å². The van der Waals surface area contributed by atoms with Crippen LogP contribution in [0.3, 0.4) is 0 Å². The summed E-state index contributed by atoms with van der Waals surface area (Å²) >= 11 is 0. The Hall–Kier alpha value is -1.91. The van der Waals surface area contributed by atoms with Gasteiger partial charge in [0.05, 0.1) is 26.4 Å². The first-order chi connectivity index (χ1) is 13.6. The predicted octanol–water partition coefficient (Wildman–Crippen LogP) is -5.40. The van der Waals surface area contributed by atoms with Crippen LogP contribution in [-0.4, -0.2) is 38.5 Å². The molecule has 13 heteroatoms. The number of amides is 2. The van der Waals surface area contributed by atoms with E-state index in [0.29, 0.717) is 26.4 Å². The Morgan fingerprint density at radius 3 is 1.24 bits per heavy atom. The maximum absolute atomic E-state index is 9.95. The molecule has 0 aliphatic carbocycles. The number of carbonyl (C=O) groups is 2. The van der Waals surface area contributed by atoms with Crippen molar-refractivity contribution < 1.29 is 75.2 Å². The molecule has 0 atom stereocenters. The Kier molecular flexibility index (Phi) is 35.2. The Morgan fingerprint density at radius 2 is 0.970 bits per heavy atom. The van der Waals surface area contributed by atoms with Crippen molar-refractivity contribution in [1.82, 2.24) is 22.9 Å². The second kappa shape index (κ2) is 28.1. The number of hydrogen-bond acceptors (Lipinski definition) is 8. The zero-order chi connectivity index (χ0) is 20.5. The van der Waals surface area contributed by atoms with Crippen molar-refractivity contribution in [1.29, 1.82) is 0 Å². The van der Waals surface area contributed by atoms with E-state index in [2.05, 4.69) is 10.6 Å². The van der Waals surface area contributed by atoms with Gasteiger partial charge in [0.15, 0.2) is 0 Å². The third kappa shape index (κ3) is 26.2. The van der Waals surface area contributed by atoms with Crippen molar-refractivity contribution in [3.05, 3.63) is 71.8 Å². The maximum atomic E-state index is 9.95. The average molecular weight is 688 g/mol. The van der Waals surface area contributed by atoms with Crippen LogP contribution in [0.4, 0.5) is 9.59 Å². The third-order valence-electron chi connectivity index (χ3n) is 3.25. The maximum Gasteiger partial charge on any atom is 4.00 e. The summed E-state index contributed by atoms with van der Waals surface area (Å²) in [6.07, 6.45) is -2.54. The van der Waals surface area contributed by atoms with E-state index in [9.17, 15) is 19.8 Å². The van der Waals surface area contributed by atoms with Gasteiger partial charge in [0.25, 0.3) is 0 Å². The molecule has 0 aromatic heterocycles. The second-order valence-corrected chi connectivity index (χ2v) is 5.50. The van der Waals surface area contributed by atoms with Gasteiger partial charge in [-0.1, -0.05) is 60.7 Å². The van der Waals surface area contributed by atoms with Crippen molar-refractivity contribution in [3.8, 4) is 0 Å². The molecule has 33 heavy (non-hydrogen) atoms. The Labute approximate surface area is 221 Å². The standard InChI is InChI=1S/2C10H13NO3.2ClH.2H3N.Pt/c2*12-10(13)11-6-7-14-8-9-4-2-1-3-5-9;;;;;/h2*1-5,11H,6-8H2,(H,12,13);2*1H;2*1H3;/q;;;;;;+4/p-4. The average Bonchev–Trinajstić information content (AvgIpc) is 2.69. The van der Waals surface area contributed by atoms with Crippen LogP contribution in [-0.2, 0) is 43.8 Å². The van der Waals surface area contributed by atoms with Crippen LogP contribution < -0.4 is 58.0 Å². The summed E-state index contributed by atoms with van der Waals surface area (Å²) in [5.74, 6) is 0. The summed E-state index contributed by atoms with van der Waals surface area (Å²) in [5, 5.41) is 24.1. The molecule has 0 unspecified atom stereocenters. The molecule has 2 amide bonds. The molecule has 0 saturated carbocycles. The first kappa shape index (κ1) is 41.4. The van der Waals surface area contributed by atoms with E-state index >= 15 is 0 Å². The molecule has 0 aliphatic heterocycles. The molecular weight excluding hydrogens is 658 g/mol. The zero-order valence-corrected chi connectivity index (χ0v) is 21.7. The fourth-order valence-corrected chi connectivity index (χ4v) is 1.98. The van der Waals surface area contributed by atoms with E-state index in [1.807, 2.05) is 60.7 Å². The minimum atomic E-state index is -1.27. The fourth-order valence-electron chi connectivity index (χ4n) is 1.98. The molecule has 0 radical (unpaired) electrons. The van der Waals surface area contributed by atoms with E-state index in [1.54, 1.807) is 0 Å². The van der Waals surface area contributed by atoms with E-state index in [0.717, 1.165) is 11.1 Å². The van der Waals surface area contributed by atoms with Crippen LogP contribution in [0.25, 0.3) is 0 Å². The largest absolute Gasteiger partial charge is 4.00 e. The summed E-state index contributed by atoms with van der Waals surface area (Å²) in [6.45, 7) is 2.21. The summed E-state index contributed by atoms with van der Waals surface area (Å²) in [6, 6.07) is 19.4. The molecule has 0 aliphatic rings. The van der Waals surface area contributed by atoms with Crippen molar-refractivity contribution in [2.45, 2.75) is 13.2 Å². The van der Waals surface area contributed by atoms with E-state index in [1.165, 1.54) is 0 Å². The van der Waals surface area contributed by atoms with Crippen molar-refractivity contribution in [2.75, 3.05) is 26.3 Å². The van der Waals surface area contributed by atoms with Gasteiger partial charge in [0.2, 0.25) is 0 Å². The Bertz CT molecular complexity index is 631. The van der Waals surface area contributed by atoms with E-state index in [4.69, 9.17) is 9.47 Å². The minimum Gasteiger partial charge on any atom is -1.00 e. The van der Waals surface area contributed by atoms with Crippen LogP contribution in [0.2, 0.25) is 0 Å². The first-order valence-electron chi connectivity index (χ1n) is 8.71. The number of carbonyl (C=O) groups excluding carboxylic acids is 2. The minimum absolute atomic E-state index is 0. The number of ether oxygens (including phenoxy) is 2.